The van der Waals surface area contributed by atoms with Crippen molar-refractivity contribution in [3.63, 3.8) is 0 Å². The molecule has 0 aliphatic heterocycles. The van der Waals surface area contributed by atoms with E-state index in [4.69, 9.17) is 4.74 Å². The predicted octanol–water partition coefficient (Wildman–Crippen LogP) is 3.69. The van der Waals surface area contributed by atoms with Gasteiger partial charge in [0.15, 0.2) is 0 Å². The van der Waals surface area contributed by atoms with Gasteiger partial charge >= 0.3 is 5.97 Å². The third kappa shape index (κ3) is 6.18. The average molecular weight is 410 g/mol. The van der Waals surface area contributed by atoms with E-state index in [-0.39, 0.29) is 17.8 Å². The van der Waals surface area contributed by atoms with Crippen LogP contribution in [0.3, 0.4) is 0 Å². The molecule has 8 heteroatoms. The fourth-order valence-corrected chi connectivity index (χ4v) is 3.19. The van der Waals surface area contributed by atoms with Crippen LogP contribution in [-0.2, 0) is 16.0 Å². The molecule has 0 saturated carbocycles. The molecule has 7 nitrogen and oxygen atoms in total. The number of nitrogens with zero attached hydrogens (tertiary/aromatic N) is 2. The number of hydrogen-bond acceptors (Lipinski definition) is 6. The van der Waals surface area contributed by atoms with Crippen LogP contribution in [0, 0.1) is 0 Å². The minimum Gasteiger partial charge on any atom is -0.459 e. The first-order valence-electron chi connectivity index (χ1n) is 9.19. The number of carbonyl (C=O) groups excluding carboxylic acids is 2. The SMILES string of the molecule is CC(C)OC(=O)c1ccccc1NC(=O)CSc1n[nH]c(Cc2ccccc2)n1. The average Bonchev–Trinajstić information content (AvgIpc) is 3.14. The molecule has 0 unspecified atom stereocenters. The smallest absolute Gasteiger partial charge is 0.340 e. The van der Waals surface area contributed by atoms with E-state index in [0.29, 0.717) is 22.8 Å². The number of carbonyl (C=O) groups is 2. The summed E-state index contributed by atoms with van der Waals surface area (Å²) in [6, 6.07) is 16.7. The molecule has 3 rings (SSSR count). The monoisotopic (exact) mass is 410 g/mol. The molecule has 0 bridgehead atoms. The summed E-state index contributed by atoms with van der Waals surface area (Å²) in [6.07, 6.45) is 0.406. The van der Waals surface area contributed by atoms with Gasteiger partial charge in [-0.05, 0) is 31.5 Å². The van der Waals surface area contributed by atoms with Gasteiger partial charge in [0.2, 0.25) is 11.1 Å². The Bertz CT molecular complexity index is 973. The Morgan fingerprint density at radius 1 is 1.10 bits per heavy atom. The highest BCUT2D eigenvalue weighted by atomic mass is 32.2. The molecule has 0 aliphatic carbocycles. The molecular weight excluding hydrogens is 388 g/mol. The van der Waals surface area contributed by atoms with Crippen LogP contribution < -0.4 is 5.32 Å². The Balaban J connectivity index is 1.55. The fraction of sp³-hybridized carbons (Fsp3) is 0.238. The Hall–Kier alpha value is -3.13. The summed E-state index contributed by atoms with van der Waals surface area (Å²) in [5, 5.41) is 10.3. The lowest BCUT2D eigenvalue weighted by molar-refractivity contribution is -0.113. The number of hydrogen-bond donors (Lipinski definition) is 2. The number of amides is 1. The van der Waals surface area contributed by atoms with Gasteiger partial charge in [0.1, 0.15) is 5.82 Å². The second-order valence-electron chi connectivity index (χ2n) is 6.56. The lowest BCUT2D eigenvalue weighted by Gasteiger charge is -2.12. The van der Waals surface area contributed by atoms with Gasteiger partial charge in [-0.1, -0.05) is 54.2 Å². The highest BCUT2D eigenvalue weighted by Gasteiger charge is 2.16. The van der Waals surface area contributed by atoms with Gasteiger partial charge in [0.25, 0.3) is 0 Å². The molecule has 0 saturated heterocycles. The maximum absolute atomic E-state index is 12.3. The van der Waals surface area contributed by atoms with Gasteiger partial charge in [-0.25, -0.2) is 9.78 Å². The predicted molar refractivity (Wildman–Crippen MR) is 112 cm³/mol. The summed E-state index contributed by atoms with van der Waals surface area (Å²) >= 11 is 1.22. The first kappa shape index (κ1) is 20.6. The molecule has 0 aliphatic rings. The largest absolute Gasteiger partial charge is 0.459 e. The van der Waals surface area contributed by atoms with Crippen LogP contribution >= 0.6 is 11.8 Å². The molecule has 3 aromatic rings. The zero-order valence-corrected chi connectivity index (χ0v) is 17.0. The van der Waals surface area contributed by atoms with Gasteiger partial charge in [-0.2, -0.15) is 0 Å². The van der Waals surface area contributed by atoms with Crippen LogP contribution in [0.4, 0.5) is 5.69 Å². The third-order valence-corrected chi connectivity index (χ3v) is 4.67. The lowest BCUT2D eigenvalue weighted by atomic mass is 10.1. The van der Waals surface area contributed by atoms with Crippen molar-refractivity contribution in [3.8, 4) is 0 Å². The van der Waals surface area contributed by atoms with E-state index in [0.717, 1.165) is 11.4 Å². The second-order valence-corrected chi connectivity index (χ2v) is 7.51. The number of thioether (sulfide) groups is 1. The Labute approximate surface area is 173 Å². The molecule has 1 heterocycles. The van der Waals surface area contributed by atoms with Crippen molar-refractivity contribution >= 4 is 29.3 Å². The van der Waals surface area contributed by atoms with Gasteiger partial charge < -0.3 is 10.1 Å². The summed E-state index contributed by atoms with van der Waals surface area (Å²) in [6.45, 7) is 3.55. The second kappa shape index (κ2) is 9.88. The van der Waals surface area contributed by atoms with Gasteiger partial charge in [-0.3, -0.25) is 9.89 Å². The fourth-order valence-electron chi connectivity index (χ4n) is 2.57. The molecule has 29 heavy (non-hydrogen) atoms. The minimum absolute atomic E-state index is 0.121. The zero-order valence-electron chi connectivity index (χ0n) is 16.2. The molecule has 2 N–H and O–H groups in total. The van der Waals surface area contributed by atoms with E-state index in [1.54, 1.807) is 38.1 Å². The topological polar surface area (TPSA) is 97.0 Å². The molecule has 2 aromatic carbocycles. The Kier molecular flexibility index (Phi) is 7.02. The number of ether oxygens (including phenoxy) is 1. The number of aromatic amines is 1. The number of para-hydroxylation sites is 1. The van der Waals surface area contributed by atoms with Crippen molar-refractivity contribution in [1.82, 2.24) is 15.2 Å². The van der Waals surface area contributed by atoms with Crippen LogP contribution in [0.1, 0.15) is 35.6 Å². The molecule has 0 atom stereocenters. The van der Waals surface area contributed by atoms with Crippen LogP contribution in [0.2, 0.25) is 0 Å². The van der Waals surface area contributed by atoms with Gasteiger partial charge in [0, 0.05) is 6.42 Å². The summed E-state index contributed by atoms with van der Waals surface area (Å²) in [7, 11) is 0. The van der Waals surface area contributed by atoms with Crippen LogP contribution in [0.25, 0.3) is 0 Å². The van der Waals surface area contributed by atoms with E-state index in [9.17, 15) is 9.59 Å². The standard InChI is InChI=1S/C21H22N4O3S/c1-14(2)28-20(27)16-10-6-7-11-17(16)22-19(26)13-29-21-23-18(24-25-21)12-15-8-4-3-5-9-15/h3-11,14H,12-13H2,1-2H3,(H,22,26)(H,23,24,25). The van der Waals surface area contributed by atoms with E-state index in [1.165, 1.54) is 11.8 Å². The summed E-state index contributed by atoms with van der Waals surface area (Å²) in [4.78, 5) is 28.9. The molecule has 0 spiro atoms. The van der Waals surface area contributed by atoms with Crippen LogP contribution in [-0.4, -0.2) is 38.9 Å². The van der Waals surface area contributed by atoms with Crippen molar-refractivity contribution in [2.75, 3.05) is 11.1 Å². The number of aromatic nitrogens is 3. The molecular formula is C21H22N4O3S. The number of anilines is 1. The number of H-pyrrole nitrogens is 1. The maximum Gasteiger partial charge on any atom is 0.340 e. The molecule has 1 aromatic heterocycles. The highest BCUT2D eigenvalue weighted by Crippen LogP contribution is 2.19. The third-order valence-electron chi connectivity index (χ3n) is 3.82. The van der Waals surface area contributed by atoms with Crippen LogP contribution in [0.5, 0.6) is 0 Å². The van der Waals surface area contributed by atoms with Crippen molar-refractivity contribution in [2.24, 2.45) is 0 Å². The lowest BCUT2D eigenvalue weighted by Crippen LogP contribution is -2.18. The molecule has 0 fully saturated rings. The van der Waals surface area contributed by atoms with Crippen molar-refractivity contribution in [2.45, 2.75) is 31.5 Å². The molecule has 150 valence electrons. The highest BCUT2D eigenvalue weighted by molar-refractivity contribution is 7.99. The molecule has 1 amide bonds. The Morgan fingerprint density at radius 3 is 2.59 bits per heavy atom. The Morgan fingerprint density at radius 2 is 1.83 bits per heavy atom. The van der Waals surface area contributed by atoms with Gasteiger partial charge in [-0.15, -0.1) is 5.10 Å². The zero-order chi connectivity index (χ0) is 20.6. The molecule has 0 radical (unpaired) electrons. The number of nitrogens with one attached hydrogen (secondary N) is 2. The summed E-state index contributed by atoms with van der Waals surface area (Å²) in [5.74, 6) is 0.133. The van der Waals surface area contributed by atoms with E-state index >= 15 is 0 Å². The van der Waals surface area contributed by atoms with E-state index < -0.39 is 5.97 Å². The van der Waals surface area contributed by atoms with Crippen molar-refractivity contribution in [3.05, 3.63) is 71.5 Å². The van der Waals surface area contributed by atoms with Crippen molar-refractivity contribution < 1.29 is 14.3 Å². The minimum atomic E-state index is -0.469. The number of rotatable bonds is 8. The number of benzene rings is 2. The van der Waals surface area contributed by atoms with Crippen molar-refractivity contribution in [1.29, 1.82) is 0 Å². The van der Waals surface area contributed by atoms with Gasteiger partial charge in [0.05, 0.1) is 23.1 Å². The normalized spacial score (nSPS) is 10.7. The quantitative estimate of drug-likeness (QED) is 0.434. The first-order chi connectivity index (χ1) is 14.0. The van der Waals surface area contributed by atoms with E-state index in [1.807, 2.05) is 30.3 Å². The van der Waals surface area contributed by atoms with Crippen LogP contribution in [0.15, 0.2) is 59.8 Å². The van der Waals surface area contributed by atoms with E-state index in [2.05, 4.69) is 20.5 Å². The summed E-state index contributed by atoms with van der Waals surface area (Å²) in [5.41, 5.74) is 1.87. The first-order valence-corrected chi connectivity index (χ1v) is 10.2. The number of esters is 1. The summed E-state index contributed by atoms with van der Waals surface area (Å²) < 4.78 is 5.22. The maximum atomic E-state index is 12.3.